The van der Waals surface area contributed by atoms with Gasteiger partial charge in [0.25, 0.3) is 10.0 Å². The molecule has 1 unspecified atom stereocenters. The number of nitrogens with zero attached hydrogens (tertiary/aromatic N) is 3. The topological polar surface area (TPSA) is 88.9 Å². The number of anilines is 1. The van der Waals surface area contributed by atoms with Crippen LogP contribution in [0, 0.1) is 0 Å². The van der Waals surface area contributed by atoms with E-state index in [-0.39, 0.29) is 22.3 Å². The first kappa shape index (κ1) is 24.7. The second-order valence-electron chi connectivity index (χ2n) is 10.1. The fourth-order valence-electron chi connectivity index (χ4n) is 4.23. The maximum atomic E-state index is 13.3. The van der Waals surface area contributed by atoms with Crippen LogP contribution in [0.5, 0.6) is 0 Å². The van der Waals surface area contributed by atoms with Crippen molar-refractivity contribution in [2.75, 3.05) is 17.8 Å². The van der Waals surface area contributed by atoms with Gasteiger partial charge in [-0.05, 0) is 54.3 Å². The van der Waals surface area contributed by atoms with Crippen LogP contribution >= 0.6 is 11.6 Å². The highest BCUT2D eigenvalue weighted by Crippen LogP contribution is 2.35. The van der Waals surface area contributed by atoms with Crippen LogP contribution < -0.4 is 10.0 Å². The Balaban J connectivity index is 1.76. The van der Waals surface area contributed by atoms with Crippen molar-refractivity contribution in [3.05, 3.63) is 58.9 Å². The molecule has 0 aliphatic carbocycles. The zero-order chi connectivity index (χ0) is 24.7. The van der Waals surface area contributed by atoms with Gasteiger partial charge in [-0.15, -0.1) is 10.2 Å². The molecule has 0 bridgehead atoms. The van der Waals surface area contributed by atoms with Crippen molar-refractivity contribution < 1.29 is 8.42 Å². The molecule has 1 aliphatic rings. The third kappa shape index (κ3) is 4.99. The van der Waals surface area contributed by atoms with Crippen molar-refractivity contribution in [2.24, 2.45) is 0 Å². The molecular weight excluding hydrogens is 470 g/mol. The lowest BCUT2D eigenvalue weighted by molar-refractivity contribution is 0.514. The fourth-order valence-corrected chi connectivity index (χ4v) is 5.48. The van der Waals surface area contributed by atoms with Gasteiger partial charge in [-0.25, -0.2) is 8.42 Å². The summed E-state index contributed by atoms with van der Waals surface area (Å²) >= 11 is 6.35. The Morgan fingerprint density at radius 3 is 2.41 bits per heavy atom. The van der Waals surface area contributed by atoms with Gasteiger partial charge in [0, 0.05) is 23.0 Å². The summed E-state index contributed by atoms with van der Waals surface area (Å²) < 4.78 is 31.5. The van der Waals surface area contributed by atoms with E-state index in [0.29, 0.717) is 22.1 Å². The summed E-state index contributed by atoms with van der Waals surface area (Å²) in [6, 6.07) is 12.3. The normalized spacial score (nSPS) is 16.9. The highest BCUT2D eigenvalue weighted by molar-refractivity contribution is 7.92. The first-order valence-electron chi connectivity index (χ1n) is 11.6. The summed E-state index contributed by atoms with van der Waals surface area (Å²) in [4.78, 5) is 0.200. The summed E-state index contributed by atoms with van der Waals surface area (Å²) in [5, 5.41) is 12.8. The van der Waals surface area contributed by atoms with Crippen LogP contribution in [0.15, 0.2) is 47.4 Å². The molecule has 1 saturated heterocycles. The van der Waals surface area contributed by atoms with Gasteiger partial charge in [0.05, 0.1) is 16.6 Å². The number of nitrogens with one attached hydrogen (secondary N) is 2. The highest BCUT2D eigenvalue weighted by Gasteiger charge is 2.28. The number of sulfonamides is 1. The molecule has 0 saturated carbocycles. The Kier molecular flexibility index (Phi) is 6.77. The molecule has 2 N–H and O–H groups in total. The minimum absolute atomic E-state index is 0.0631. The SMILES string of the molecule is CC(C)c1nnc(-c2cc(Cl)ccc2NS(=O)(=O)c2ccc(C(C)(C)C)cc2)n1C1CCNC1. The second-order valence-corrected chi connectivity index (χ2v) is 12.2. The van der Waals surface area contributed by atoms with Gasteiger partial charge in [-0.3, -0.25) is 4.72 Å². The van der Waals surface area contributed by atoms with Crippen LogP contribution in [0.1, 0.15) is 64.4 Å². The predicted molar refractivity (Wildman–Crippen MR) is 137 cm³/mol. The summed E-state index contributed by atoms with van der Waals surface area (Å²) in [6.45, 7) is 12.2. The summed E-state index contributed by atoms with van der Waals surface area (Å²) in [5.74, 6) is 1.65. The van der Waals surface area contributed by atoms with E-state index < -0.39 is 10.0 Å². The zero-order valence-corrected chi connectivity index (χ0v) is 21.8. The highest BCUT2D eigenvalue weighted by atomic mass is 35.5. The van der Waals surface area contributed by atoms with Crippen LogP contribution in [-0.4, -0.2) is 36.3 Å². The molecule has 182 valence electrons. The largest absolute Gasteiger partial charge is 0.315 e. The van der Waals surface area contributed by atoms with E-state index in [4.69, 9.17) is 11.6 Å². The molecule has 2 heterocycles. The Bertz CT molecular complexity index is 1270. The van der Waals surface area contributed by atoms with E-state index in [1.54, 1.807) is 30.3 Å². The number of hydrogen-bond acceptors (Lipinski definition) is 5. The molecule has 1 fully saturated rings. The van der Waals surface area contributed by atoms with Crippen molar-refractivity contribution in [1.82, 2.24) is 20.1 Å². The zero-order valence-electron chi connectivity index (χ0n) is 20.3. The molecule has 3 aromatic rings. The fraction of sp³-hybridized carbons (Fsp3) is 0.440. The minimum atomic E-state index is -3.82. The van der Waals surface area contributed by atoms with E-state index in [9.17, 15) is 8.42 Å². The van der Waals surface area contributed by atoms with Crippen LogP contribution in [0.2, 0.25) is 5.02 Å². The lowest BCUT2D eigenvalue weighted by Crippen LogP contribution is -2.18. The molecule has 1 aromatic heterocycles. The van der Waals surface area contributed by atoms with Gasteiger partial charge in [0.1, 0.15) is 5.82 Å². The Morgan fingerprint density at radius 2 is 1.82 bits per heavy atom. The van der Waals surface area contributed by atoms with Crippen molar-refractivity contribution in [2.45, 2.75) is 63.3 Å². The average molecular weight is 502 g/mol. The number of halogens is 1. The molecule has 4 rings (SSSR count). The summed E-state index contributed by atoms with van der Waals surface area (Å²) in [5.41, 5.74) is 2.03. The van der Waals surface area contributed by atoms with Gasteiger partial charge in [-0.2, -0.15) is 0 Å². The molecule has 2 aromatic carbocycles. The molecule has 1 aliphatic heterocycles. The lowest BCUT2D eigenvalue weighted by Gasteiger charge is -2.20. The quantitative estimate of drug-likeness (QED) is 0.475. The lowest BCUT2D eigenvalue weighted by atomic mass is 9.87. The maximum absolute atomic E-state index is 13.3. The molecule has 0 amide bonds. The average Bonchev–Trinajstić information content (AvgIpc) is 3.44. The smallest absolute Gasteiger partial charge is 0.261 e. The van der Waals surface area contributed by atoms with Gasteiger partial charge >= 0.3 is 0 Å². The number of benzene rings is 2. The number of rotatable bonds is 6. The summed E-state index contributed by atoms with van der Waals surface area (Å²) in [7, 11) is -3.82. The van der Waals surface area contributed by atoms with Gasteiger partial charge in [0.2, 0.25) is 0 Å². The molecule has 7 nitrogen and oxygen atoms in total. The van der Waals surface area contributed by atoms with Crippen molar-refractivity contribution >= 4 is 27.3 Å². The maximum Gasteiger partial charge on any atom is 0.261 e. The van der Waals surface area contributed by atoms with Crippen molar-refractivity contribution in [3.8, 4) is 11.4 Å². The van der Waals surface area contributed by atoms with Gasteiger partial charge in [-0.1, -0.05) is 58.4 Å². The molecule has 34 heavy (non-hydrogen) atoms. The predicted octanol–water partition coefficient (Wildman–Crippen LogP) is 5.35. The first-order chi connectivity index (χ1) is 16.0. The Hall–Kier alpha value is -2.42. The van der Waals surface area contributed by atoms with Crippen LogP contribution in [0.4, 0.5) is 5.69 Å². The third-order valence-electron chi connectivity index (χ3n) is 6.14. The van der Waals surface area contributed by atoms with E-state index in [2.05, 4.69) is 59.4 Å². The molecule has 0 radical (unpaired) electrons. The molecular formula is C25H32ClN5O2S. The summed E-state index contributed by atoms with van der Waals surface area (Å²) in [6.07, 6.45) is 0.951. The van der Waals surface area contributed by atoms with Gasteiger partial charge in [0.15, 0.2) is 5.82 Å². The third-order valence-corrected chi connectivity index (χ3v) is 7.75. The van der Waals surface area contributed by atoms with E-state index in [1.165, 1.54) is 0 Å². The van der Waals surface area contributed by atoms with Crippen LogP contribution in [0.3, 0.4) is 0 Å². The first-order valence-corrected chi connectivity index (χ1v) is 13.4. The minimum Gasteiger partial charge on any atom is -0.315 e. The Morgan fingerprint density at radius 1 is 1.12 bits per heavy atom. The molecule has 1 atom stereocenters. The monoisotopic (exact) mass is 501 g/mol. The number of hydrogen-bond donors (Lipinski definition) is 2. The van der Waals surface area contributed by atoms with Crippen molar-refractivity contribution in [3.63, 3.8) is 0 Å². The second kappa shape index (κ2) is 9.32. The van der Waals surface area contributed by atoms with E-state index in [1.807, 2.05) is 12.1 Å². The Labute approximate surface area is 207 Å². The van der Waals surface area contributed by atoms with Gasteiger partial charge < -0.3 is 9.88 Å². The number of aromatic nitrogens is 3. The molecule has 0 spiro atoms. The van der Waals surface area contributed by atoms with E-state index >= 15 is 0 Å². The van der Waals surface area contributed by atoms with Crippen LogP contribution in [-0.2, 0) is 15.4 Å². The van der Waals surface area contributed by atoms with E-state index in [0.717, 1.165) is 30.9 Å². The van der Waals surface area contributed by atoms with Crippen molar-refractivity contribution in [1.29, 1.82) is 0 Å². The molecule has 9 heteroatoms. The standard InChI is InChI=1S/C25H32ClN5O2S/c1-16(2)23-28-29-24(31(23)19-12-13-27-15-19)21-14-18(26)8-11-22(21)30-34(32,33)20-9-6-17(7-10-20)25(3,4)5/h6-11,14,16,19,27,30H,12-13,15H2,1-5H3. The van der Waals surface area contributed by atoms with Crippen LogP contribution in [0.25, 0.3) is 11.4 Å².